The van der Waals surface area contributed by atoms with E-state index in [1.807, 2.05) is 12.1 Å². The molecule has 2 N–H and O–H groups in total. The molecule has 0 radical (unpaired) electrons. The highest BCUT2D eigenvalue weighted by Crippen LogP contribution is 2.25. The molecule has 100 valence electrons. The zero-order valence-corrected chi connectivity index (χ0v) is 10.6. The summed E-state index contributed by atoms with van der Waals surface area (Å²) in [6, 6.07) is 4.70. The number of carboxylic acids is 1. The van der Waals surface area contributed by atoms with Crippen LogP contribution in [0.25, 0.3) is 0 Å². The van der Waals surface area contributed by atoms with Crippen molar-refractivity contribution >= 4 is 27.6 Å². The van der Waals surface area contributed by atoms with Crippen molar-refractivity contribution in [2.75, 3.05) is 5.32 Å². The maximum Gasteiger partial charge on any atom is 0.490 e. The Morgan fingerprint density at radius 3 is 2.44 bits per heavy atom. The van der Waals surface area contributed by atoms with Crippen LogP contribution in [0.3, 0.4) is 0 Å². The van der Waals surface area contributed by atoms with Crippen molar-refractivity contribution < 1.29 is 23.1 Å². The Kier molecular flexibility index (Phi) is 4.94. The molecule has 1 aliphatic rings. The molecule has 4 nitrogen and oxygen atoms in total. The van der Waals surface area contributed by atoms with Crippen LogP contribution in [0.15, 0.2) is 22.9 Å². The Labute approximate surface area is 109 Å². The summed E-state index contributed by atoms with van der Waals surface area (Å²) in [7, 11) is 0. The van der Waals surface area contributed by atoms with Gasteiger partial charge in [-0.05, 0) is 40.9 Å². The summed E-state index contributed by atoms with van der Waals surface area (Å²) >= 11 is 3.32. The number of pyridine rings is 1. The van der Waals surface area contributed by atoms with Gasteiger partial charge in [-0.1, -0.05) is 0 Å². The van der Waals surface area contributed by atoms with Gasteiger partial charge in [0.1, 0.15) is 4.60 Å². The fourth-order valence-electron chi connectivity index (χ4n) is 0.956. The minimum Gasteiger partial charge on any atom is -0.475 e. The van der Waals surface area contributed by atoms with Crippen LogP contribution in [0.5, 0.6) is 0 Å². The van der Waals surface area contributed by atoms with Gasteiger partial charge in [0, 0.05) is 17.9 Å². The van der Waals surface area contributed by atoms with E-state index >= 15 is 0 Å². The average molecular weight is 327 g/mol. The van der Waals surface area contributed by atoms with Gasteiger partial charge in [-0.25, -0.2) is 9.78 Å². The zero-order chi connectivity index (χ0) is 13.8. The summed E-state index contributed by atoms with van der Waals surface area (Å²) in [5.74, 6) is -2.76. The Balaban J connectivity index is 0.000000203. The van der Waals surface area contributed by atoms with Gasteiger partial charge < -0.3 is 10.4 Å². The van der Waals surface area contributed by atoms with Gasteiger partial charge in [0.05, 0.1) is 0 Å². The summed E-state index contributed by atoms with van der Waals surface area (Å²) < 4.78 is 32.6. The lowest BCUT2D eigenvalue weighted by atomic mass is 10.4. The molecule has 0 spiro atoms. The Morgan fingerprint density at radius 2 is 2.06 bits per heavy atom. The smallest absolute Gasteiger partial charge is 0.475 e. The molecule has 8 heteroatoms. The van der Waals surface area contributed by atoms with Gasteiger partial charge >= 0.3 is 12.1 Å². The fraction of sp³-hybridized carbons (Fsp3) is 0.400. The van der Waals surface area contributed by atoms with Crippen LogP contribution in [0, 0.1) is 0 Å². The highest BCUT2D eigenvalue weighted by Gasteiger charge is 2.38. The molecule has 0 unspecified atom stereocenters. The highest BCUT2D eigenvalue weighted by molar-refractivity contribution is 9.10. The molecule has 1 aromatic rings. The standard InChI is InChI=1S/C8H9BrN2.C2HF3O2/c9-8-5-7(3-4-10-8)11-6-1-2-6;3-2(4,5)1(6)7/h3-6H,1-2H2,(H,10,11);(H,6,7). The molecule has 0 amide bonds. The van der Waals surface area contributed by atoms with Crippen molar-refractivity contribution in [1.29, 1.82) is 0 Å². The Bertz CT molecular complexity index is 422. The first kappa shape index (κ1) is 14.7. The first-order chi connectivity index (χ1) is 8.29. The van der Waals surface area contributed by atoms with E-state index < -0.39 is 12.1 Å². The lowest BCUT2D eigenvalue weighted by Crippen LogP contribution is -2.21. The number of nitrogens with zero attached hydrogens (tertiary/aromatic N) is 1. The monoisotopic (exact) mass is 326 g/mol. The Morgan fingerprint density at radius 1 is 1.50 bits per heavy atom. The number of rotatable bonds is 2. The van der Waals surface area contributed by atoms with E-state index in [-0.39, 0.29) is 0 Å². The number of anilines is 1. The van der Waals surface area contributed by atoms with E-state index in [0.717, 1.165) is 10.3 Å². The second-order valence-electron chi connectivity index (χ2n) is 3.59. The molecule has 1 aliphatic carbocycles. The molecule has 18 heavy (non-hydrogen) atoms. The minimum atomic E-state index is -5.08. The third-order valence-electron chi connectivity index (χ3n) is 1.92. The average Bonchev–Trinajstić information content (AvgIpc) is 3.01. The van der Waals surface area contributed by atoms with Crippen LogP contribution in [0.4, 0.5) is 18.9 Å². The maximum atomic E-state index is 10.6. The van der Waals surface area contributed by atoms with Gasteiger partial charge in [0.25, 0.3) is 0 Å². The summed E-state index contributed by atoms with van der Waals surface area (Å²) in [5.41, 5.74) is 1.16. The lowest BCUT2D eigenvalue weighted by Gasteiger charge is -2.02. The van der Waals surface area contributed by atoms with Crippen molar-refractivity contribution in [2.45, 2.75) is 25.1 Å². The molecule has 0 aromatic carbocycles. The number of nitrogens with one attached hydrogen (secondary N) is 1. The first-order valence-corrected chi connectivity index (χ1v) is 5.76. The molecule has 1 saturated carbocycles. The molecule has 1 fully saturated rings. The maximum absolute atomic E-state index is 10.6. The molecule has 0 saturated heterocycles. The summed E-state index contributed by atoms with van der Waals surface area (Å²) in [5, 5.41) is 10.5. The van der Waals surface area contributed by atoms with Crippen LogP contribution in [0.1, 0.15) is 12.8 Å². The third kappa shape index (κ3) is 5.85. The van der Waals surface area contributed by atoms with Crippen LogP contribution in [0.2, 0.25) is 0 Å². The van der Waals surface area contributed by atoms with Crippen LogP contribution in [-0.4, -0.2) is 28.3 Å². The largest absolute Gasteiger partial charge is 0.490 e. The number of carbonyl (C=O) groups is 1. The number of carboxylic acid groups (broad SMARTS) is 1. The van der Waals surface area contributed by atoms with Crippen molar-refractivity contribution in [1.82, 2.24) is 4.98 Å². The van der Waals surface area contributed by atoms with Crippen molar-refractivity contribution in [2.24, 2.45) is 0 Å². The lowest BCUT2D eigenvalue weighted by molar-refractivity contribution is -0.192. The summed E-state index contributed by atoms with van der Waals surface area (Å²) in [6.07, 6.45) is -0.672. The fourth-order valence-corrected chi connectivity index (χ4v) is 1.32. The van der Waals surface area contributed by atoms with Crippen LogP contribution in [-0.2, 0) is 4.79 Å². The highest BCUT2D eigenvalue weighted by atomic mass is 79.9. The molecule has 0 aliphatic heterocycles. The van der Waals surface area contributed by atoms with Crippen molar-refractivity contribution in [3.63, 3.8) is 0 Å². The van der Waals surface area contributed by atoms with E-state index in [1.54, 1.807) is 6.20 Å². The van der Waals surface area contributed by atoms with Crippen LogP contribution < -0.4 is 5.32 Å². The van der Waals surface area contributed by atoms with Crippen molar-refractivity contribution in [3.05, 3.63) is 22.9 Å². The number of halogens is 4. The molecule has 1 heterocycles. The number of aromatic nitrogens is 1. The van der Waals surface area contributed by atoms with Gasteiger partial charge in [0.15, 0.2) is 0 Å². The molecule has 0 bridgehead atoms. The number of alkyl halides is 3. The predicted octanol–water partition coefficient (Wildman–Crippen LogP) is 3.05. The predicted molar refractivity (Wildman–Crippen MR) is 62.3 cm³/mol. The van der Waals surface area contributed by atoms with E-state index in [9.17, 15) is 13.2 Å². The van der Waals surface area contributed by atoms with Gasteiger partial charge in [-0.3, -0.25) is 0 Å². The second kappa shape index (κ2) is 6.03. The topological polar surface area (TPSA) is 62.2 Å². The van der Waals surface area contributed by atoms with Gasteiger partial charge in [0.2, 0.25) is 0 Å². The second-order valence-corrected chi connectivity index (χ2v) is 4.40. The quantitative estimate of drug-likeness (QED) is 0.820. The molecular weight excluding hydrogens is 317 g/mol. The third-order valence-corrected chi connectivity index (χ3v) is 2.35. The SMILES string of the molecule is Brc1cc(NC2CC2)ccn1.O=C(O)C(F)(F)F. The summed E-state index contributed by atoms with van der Waals surface area (Å²) in [6.45, 7) is 0. The van der Waals surface area contributed by atoms with Crippen LogP contribution >= 0.6 is 15.9 Å². The van der Waals surface area contributed by atoms with Gasteiger partial charge in [-0.15, -0.1) is 0 Å². The normalized spacial score (nSPS) is 14.4. The molecule has 2 rings (SSSR count). The number of hydrogen-bond donors (Lipinski definition) is 2. The van der Waals surface area contributed by atoms with E-state index in [0.29, 0.717) is 6.04 Å². The van der Waals surface area contributed by atoms with E-state index in [1.165, 1.54) is 12.8 Å². The zero-order valence-electron chi connectivity index (χ0n) is 9.04. The number of aliphatic carboxylic acids is 1. The molecule has 0 atom stereocenters. The number of hydrogen-bond acceptors (Lipinski definition) is 3. The molecular formula is C10H10BrF3N2O2. The van der Waals surface area contributed by atoms with Gasteiger partial charge in [-0.2, -0.15) is 13.2 Å². The minimum absolute atomic E-state index is 0.712. The Hall–Kier alpha value is -1.31. The van der Waals surface area contributed by atoms with Crippen molar-refractivity contribution in [3.8, 4) is 0 Å². The van der Waals surface area contributed by atoms with E-state index in [4.69, 9.17) is 9.90 Å². The molecule has 1 aromatic heterocycles. The first-order valence-electron chi connectivity index (χ1n) is 4.97. The summed E-state index contributed by atoms with van der Waals surface area (Å²) in [4.78, 5) is 12.9. The van der Waals surface area contributed by atoms with E-state index in [2.05, 4.69) is 26.2 Å².